The molecule has 0 saturated carbocycles. The van der Waals surface area contributed by atoms with Crippen molar-refractivity contribution in [1.29, 1.82) is 0 Å². The number of nitrogens with one attached hydrogen (secondary N) is 1. The fourth-order valence-electron chi connectivity index (χ4n) is 3.69. The zero-order valence-corrected chi connectivity index (χ0v) is 19.2. The molecular formula is C27H23FN4O3. The average Bonchev–Trinajstić information content (AvgIpc) is 2.89. The minimum atomic E-state index is -1.07. The smallest absolute Gasteiger partial charge is 0.279 e. The zero-order valence-electron chi connectivity index (χ0n) is 19.2. The van der Waals surface area contributed by atoms with E-state index >= 15 is 0 Å². The molecule has 176 valence electrons. The fourth-order valence-corrected chi connectivity index (χ4v) is 3.69. The molecule has 7 nitrogen and oxygen atoms in total. The van der Waals surface area contributed by atoms with Crippen molar-refractivity contribution in [2.24, 2.45) is 0 Å². The molecule has 0 aliphatic heterocycles. The summed E-state index contributed by atoms with van der Waals surface area (Å²) in [5.41, 5.74) is 2.38. The number of aromatic nitrogens is 2. The maximum absolute atomic E-state index is 13.8. The highest BCUT2D eigenvalue weighted by Crippen LogP contribution is 2.33. The number of hydrogen-bond acceptors (Lipinski definition) is 5. The molecule has 1 atom stereocenters. The third kappa shape index (κ3) is 5.33. The highest BCUT2D eigenvalue weighted by molar-refractivity contribution is 6.11. The van der Waals surface area contributed by atoms with Crippen LogP contribution in [0.2, 0.25) is 0 Å². The molecule has 8 heteroatoms. The first-order valence-corrected chi connectivity index (χ1v) is 10.8. The fraction of sp³-hybridized carbons (Fsp3) is 0.111. The summed E-state index contributed by atoms with van der Waals surface area (Å²) in [4.78, 5) is 37.1. The Balaban J connectivity index is 1.85. The number of methoxy groups -OCH3 is 1. The number of carbonyl (C=O) groups excluding carboxylic acids is 2. The third-order valence-electron chi connectivity index (χ3n) is 5.45. The van der Waals surface area contributed by atoms with Crippen molar-refractivity contribution in [3.63, 3.8) is 0 Å². The van der Waals surface area contributed by atoms with Crippen LogP contribution in [0.25, 0.3) is 0 Å². The molecule has 2 amide bonds. The quantitative estimate of drug-likeness (QED) is 0.413. The minimum Gasteiger partial charge on any atom is -0.497 e. The highest BCUT2D eigenvalue weighted by Gasteiger charge is 2.35. The summed E-state index contributed by atoms with van der Waals surface area (Å²) in [5.74, 6) is -0.801. The van der Waals surface area contributed by atoms with Crippen molar-refractivity contribution in [3.8, 4) is 5.75 Å². The van der Waals surface area contributed by atoms with Gasteiger partial charge in [-0.1, -0.05) is 24.3 Å². The Hall–Kier alpha value is -4.59. The van der Waals surface area contributed by atoms with Crippen LogP contribution < -0.4 is 15.0 Å². The monoisotopic (exact) mass is 470 g/mol. The molecule has 0 unspecified atom stereocenters. The van der Waals surface area contributed by atoms with Crippen LogP contribution in [-0.2, 0) is 4.79 Å². The van der Waals surface area contributed by atoms with E-state index in [1.54, 1.807) is 43.5 Å². The molecule has 3 aromatic carbocycles. The lowest BCUT2D eigenvalue weighted by molar-refractivity contribution is -0.117. The largest absolute Gasteiger partial charge is 0.497 e. The zero-order chi connectivity index (χ0) is 24.8. The number of carbonyl (C=O) groups is 2. The SMILES string of the molecule is COc1ccc(N(C(=O)c2cnccn2)[C@@H](C(=O)Nc2ccc(F)cc2)c2ccccc2C)cc1. The number of hydrogen-bond donors (Lipinski definition) is 1. The number of amides is 2. The summed E-state index contributed by atoms with van der Waals surface area (Å²) in [6.45, 7) is 1.87. The molecule has 1 N–H and O–H groups in total. The predicted octanol–water partition coefficient (Wildman–Crippen LogP) is 4.96. The van der Waals surface area contributed by atoms with Crippen LogP contribution >= 0.6 is 0 Å². The van der Waals surface area contributed by atoms with E-state index in [1.807, 2.05) is 19.1 Å². The van der Waals surface area contributed by atoms with Crippen molar-refractivity contribution in [1.82, 2.24) is 9.97 Å². The van der Waals surface area contributed by atoms with Crippen molar-refractivity contribution in [2.45, 2.75) is 13.0 Å². The normalized spacial score (nSPS) is 11.4. The van der Waals surface area contributed by atoms with E-state index in [4.69, 9.17) is 4.74 Å². The van der Waals surface area contributed by atoms with Crippen LogP contribution in [0.3, 0.4) is 0 Å². The maximum atomic E-state index is 13.8. The summed E-state index contributed by atoms with van der Waals surface area (Å²) in [6, 6.07) is 18.5. The van der Waals surface area contributed by atoms with Gasteiger partial charge >= 0.3 is 0 Å². The molecule has 1 heterocycles. The number of anilines is 2. The number of aryl methyl sites for hydroxylation is 1. The molecular weight excluding hydrogens is 447 g/mol. The first-order chi connectivity index (χ1) is 17.0. The molecule has 1 aromatic heterocycles. The summed E-state index contributed by atoms with van der Waals surface area (Å²) in [5, 5.41) is 2.81. The average molecular weight is 471 g/mol. The molecule has 0 bridgehead atoms. The molecule has 0 aliphatic carbocycles. The molecule has 0 aliphatic rings. The Labute approximate surface area is 202 Å². The van der Waals surface area contributed by atoms with Crippen LogP contribution in [0, 0.1) is 12.7 Å². The van der Waals surface area contributed by atoms with E-state index in [-0.39, 0.29) is 5.69 Å². The van der Waals surface area contributed by atoms with Gasteiger partial charge in [0.15, 0.2) is 0 Å². The van der Waals surface area contributed by atoms with Crippen LogP contribution in [0.5, 0.6) is 5.75 Å². The molecule has 4 aromatic rings. The van der Waals surface area contributed by atoms with Crippen LogP contribution in [-0.4, -0.2) is 28.9 Å². The van der Waals surface area contributed by atoms with Gasteiger partial charge in [0.25, 0.3) is 11.8 Å². The van der Waals surface area contributed by atoms with E-state index < -0.39 is 23.7 Å². The van der Waals surface area contributed by atoms with Gasteiger partial charge in [-0.25, -0.2) is 9.37 Å². The van der Waals surface area contributed by atoms with E-state index in [0.717, 1.165) is 5.56 Å². The molecule has 0 fully saturated rings. The Morgan fingerprint density at radius 2 is 1.69 bits per heavy atom. The lowest BCUT2D eigenvalue weighted by Gasteiger charge is -2.32. The lowest BCUT2D eigenvalue weighted by atomic mass is 9.97. The second kappa shape index (κ2) is 10.6. The number of ether oxygens (including phenoxy) is 1. The van der Waals surface area contributed by atoms with Crippen LogP contribution in [0.15, 0.2) is 91.4 Å². The van der Waals surface area contributed by atoms with Gasteiger partial charge in [0.2, 0.25) is 0 Å². The van der Waals surface area contributed by atoms with Gasteiger partial charge in [0, 0.05) is 23.8 Å². The van der Waals surface area contributed by atoms with Gasteiger partial charge in [-0.05, 0) is 66.6 Å². The predicted molar refractivity (Wildman–Crippen MR) is 131 cm³/mol. The number of nitrogens with zero attached hydrogens (tertiary/aromatic N) is 3. The summed E-state index contributed by atoms with van der Waals surface area (Å²) < 4.78 is 18.7. The molecule has 0 saturated heterocycles. The first-order valence-electron chi connectivity index (χ1n) is 10.8. The van der Waals surface area contributed by atoms with Gasteiger partial charge in [-0.3, -0.25) is 19.5 Å². The number of halogens is 1. The standard InChI is InChI=1S/C27H23FN4O3/c1-18-5-3-4-6-23(18)25(26(33)31-20-9-7-19(28)8-10-20)32(21-11-13-22(35-2)14-12-21)27(34)24-17-29-15-16-30-24/h3-17,25H,1-2H3,(H,31,33)/t25-/m1/s1. The number of benzene rings is 3. The Morgan fingerprint density at radius 1 is 0.971 bits per heavy atom. The molecule has 4 rings (SSSR count). The lowest BCUT2D eigenvalue weighted by Crippen LogP contribution is -2.42. The van der Waals surface area contributed by atoms with Gasteiger partial charge in [-0.15, -0.1) is 0 Å². The second-order valence-corrected chi connectivity index (χ2v) is 7.72. The van der Waals surface area contributed by atoms with Crippen molar-refractivity contribution >= 4 is 23.2 Å². The van der Waals surface area contributed by atoms with Gasteiger partial charge in [0.05, 0.1) is 13.3 Å². The van der Waals surface area contributed by atoms with Crippen LogP contribution in [0.1, 0.15) is 27.7 Å². The number of rotatable bonds is 7. The Morgan fingerprint density at radius 3 is 2.31 bits per heavy atom. The van der Waals surface area contributed by atoms with Crippen LogP contribution in [0.4, 0.5) is 15.8 Å². The molecule has 0 spiro atoms. The van der Waals surface area contributed by atoms with E-state index in [0.29, 0.717) is 22.7 Å². The van der Waals surface area contributed by atoms with E-state index in [2.05, 4.69) is 15.3 Å². The van der Waals surface area contributed by atoms with Crippen molar-refractivity contribution in [2.75, 3.05) is 17.3 Å². The Kier molecular flexibility index (Phi) is 7.11. The third-order valence-corrected chi connectivity index (χ3v) is 5.45. The van der Waals surface area contributed by atoms with Gasteiger partial charge in [-0.2, -0.15) is 0 Å². The maximum Gasteiger partial charge on any atom is 0.279 e. The van der Waals surface area contributed by atoms with Crippen molar-refractivity contribution in [3.05, 3.63) is 114 Å². The summed E-state index contributed by atoms with van der Waals surface area (Å²) in [6.07, 6.45) is 4.24. The Bertz CT molecular complexity index is 1310. The molecule has 0 radical (unpaired) electrons. The highest BCUT2D eigenvalue weighted by atomic mass is 19.1. The van der Waals surface area contributed by atoms with Crippen molar-refractivity contribution < 1.29 is 18.7 Å². The topological polar surface area (TPSA) is 84.4 Å². The van der Waals surface area contributed by atoms with E-state index in [9.17, 15) is 14.0 Å². The summed E-state index contributed by atoms with van der Waals surface area (Å²) >= 11 is 0. The molecule has 35 heavy (non-hydrogen) atoms. The van der Waals surface area contributed by atoms with Gasteiger partial charge in [0.1, 0.15) is 23.3 Å². The minimum absolute atomic E-state index is 0.0801. The second-order valence-electron chi connectivity index (χ2n) is 7.72. The van der Waals surface area contributed by atoms with E-state index in [1.165, 1.54) is 47.8 Å². The first kappa shape index (κ1) is 23.6. The van der Waals surface area contributed by atoms with Gasteiger partial charge < -0.3 is 10.1 Å². The summed E-state index contributed by atoms with van der Waals surface area (Å²) in [7, 11) is 1.55.